The van der Waals surface area contributed by atoms with Gasteiger partial charge in [-0.1, -0.05) is 26.2 Å². The fourth-order valence-electron chi connectivity index (χ4n) is 0.951. The van der Waals surface area contributed by atoms with Crippen molar-refractivity contribution in [3.63, 3.8) is 0 Å². The van der Waals surface area contributed by atoms with Crippen molar-refractivity contribution in [3.8, 4) is 0 Å². The molecular formula is C8H16BaO4. The molecule has 74 valence electrons. The van der Waals surface area contributed by atoms with Crippen LogP contribution in [0.25, 0.3) is 0 Å². The zero-order valence-electron chi connectivity index (χ0n) is 7.12. The third-order valence-corrected chi connectivity index (χ3v) is 1.69. The molecule has 0 aliphatic heterocycles. The zero-order valence-corrected chi connectivity index (χ0v) is 7.12. The second-order valence-corrected chi connectivity index (χ2v) is 2.72. The Morgan fingerprint density at radius 1 is 1.15 bits per heavy atom. The Labute approximate surface area is 118 Å². The van der Waals surface area contributed by atoms with Gasteiger partial charge in [-0.3, -0.25) is 9.59 Å². The van der Waals surface area contributed by atoms with Gasteiger partial charge in [0.05, 0.1) is 0 Å². The van der Waals surface area contributed by atoms with Crippen LogP contribution in [0.2, 0.25) is 0 Å². The number of rotatable bonds is 6. The summed E-state index contributed by atoms with van der Waals surface area (Å²) in [5.74, 6) is -3.70. The summed E-state index contributed by atoms with van der Waals surface area (Å²) in [6.45, 7) is 1.98. The summed E-state index contributed by atoms with van der Waals surface area (Å²) in [5, 5.41) is 16.9. The number of carboxylic acids is 2. The predicted octanol–water partition coefficient (Wildman–Crippen LogP) is 0.436. The van der Waals surface area contributed by atoms with E-state index in [-0.39, 0.29) is 55.3 Å². The molecule has 0 aliphatic carbocycles. The normalized spacial score (nSPS) is 9.38. The van der Waals surface area contributed by atoms with E-state index in [0.717, 1.165) is 12.8 Å². The van der Waals surface area contributed by atoms with E-state index in [9.17, 15) is 9.59 Å². The van der Waals surface area contributed by atoms with E-state index in [4.69, 9.17) is 10.2 Å². The minimum atomic E-state index is -1.24. The van der Waals surface area contributed by atoms with Gasteiger partial charge in [0, 0.05) is 0 Å². The van der Waals surface area contributed by atoms with E-state index in [0.29, 0.717) is 6.42 Å². The number of carbonyl (C=O) groups is 2. The van der Waals surface area contributed by atoms with Crippen LogP contribution in [0.5, 0.6) is 0 Å². The number of hydrogen-bond donors (Lipinski definition) is 2. The molecule has 0 amide bonds. The first kappa shape index (κ1) is 16.0. The van der Waals surface area contributed by atoms with Crippen LogP contribution in [0.1, 0.15) is 32.6 Å². The van der Waals surface area contributed by atoms with Crippen LogP contribution in [0.4, 0.5) is 0 Å². The van der Waals surface area contributed by atoms with Gasteiger partial charge in [-0.2, -0.15) is 0 Å². The first-order chi connectivity index (χ1) is 5.59. The molecular weight excluding hydrogens is 297 g/mol. The van der Waals surface area contributed by atoms with E-state index in [2.05, 4.69) is 0 Å². The van der Waals surface area contributed by atoms with Crippen LogP contribution in [0.3, 0.4) is 0 Å². The molecule has 0 aromatic rings. The molecule has 0 rings (SSSR count). The van der Waals surface area contributed by atoms with Crippen molar-refractivity contribution in [2.24, 2.45) is 5.92 Å². The number of unbranched alkanes of at least 4 members (excludes halogenated alkanes) is 2. The molecule has 0 saturated heterocycles. The van der Waals surface area contributed by atoms with Gasteiger partial charge >= 0.3 is 60.8 Å². The van der Waals surface area contributed by atoms with Gasteiger partial charge in [0.15, 0.2) is 5.92 Å². The number of carboxylic acid groups (broad SMARTS) is 2. The van der Waals surface area contributed by atoms with Gasteiger partial charge < -0.3 is 10.2 Å². The SMILES string of the molecule is CCCCCC(C(=O)O)C(=O)O.[BaH2]. The summed E-state index contributed by atoms with van der Waals surface area (Å²) in [7, 11) is 0. The summed E-state index contributed by atoms with van der Waals surface area (Å²) in [5.41, 5.74) is 0. The molecule has 0 saturated carbocycles. The van der Waals surface area contributed by atoms with Crippen molar-refractivity contribution in [3.05, 3.63) is 0 Å². The molecule has 0 aliphatic rings. The van der Waals surface area contributed by atoms with Crippen LogP contribution in [0.15, 0.2) is 0 Å². The van der Waals surface area contributed by atoms with Crippen molar-refractivity contribution < 1.29 is 19.8 Å². The van der Waals surface area contributed by atoms with Gasteiger partial charge in [-0.15, -0.1) is 0 Å². The molecule has 0 aromatic carbocycles. The summed E-state index contributed by atoms with van der Waals surface area (Å²) in [4.78, 5) is 20.7. The Morgan fingerprint density at radius 3 is 1.92 bits per heavy atom. The Morgan fingerprint density at radius 2 is 1.62 bits per heavy atom. The van der Waals surface area contributed by atoms with Gasteiger partial charge in [0.2, 0.25) is 0 Å². The van der Waals surface area contributed by atoms with Crippen LogP contribution in [0, 0.1) is 5.92 Å². The van der Waals surface area contributed by atoms with Gasteiger partial charge in [-0.05, 0) is 6.42 Å². The van der Waals surface area contributed by atoms with E-state index in [1.807, 2.05) is 6.92 Å². The summed E-state index contributed by atoms with van der Waals surface area (Å²) >= 11 is 0. The average Bonchev–Trinajstić information content (AvgIpc) is 1.96. The van der Waals surface area contributed by atoms with Crippen molar-refractivity contribution in [2.75, 3.05) is 0 Å². The molecule has 5 heteroatoms. The molecule has 2 N–H and O–H groups in total. The Balaban J connectivity index is 0. The van der Waals surface area contributed by atoms with Crippen LogP contribution >= 0.6 is 0 Å². The van der Waals surface area contributed by atoms with E-state index < -0.39 is 17.9 Å². The van der Waals surface area contributed by atoms with Gasteiger partial charge in [0.25, 0.3) is 0 Å². The third-order valence-electron chi connectivity index (χ3n) is 1.69. The first-order valence-electron chi connectivity index (χ1n) is 4.05. The second kappa shape index (κ2) is 9.08. The summed E-state index contributed by atoms with van der Waals surface area (Å²) in [6, 6.07) is 0. The number of hydrogen-bond acceptors (Lipinski definition) is 2. The van der Waals surface area contributed by atoms with Crippen LogP contribution < -0.4 is 0 Å². The molecule has 4 nitrogen and oxygen atoms in total. The van der Waals surface area contributed by atoms with E-state index >= 15 is 0 Å². The van der Waals surface area contributed by atoms with Crippen LogP contribution in [-0.2, 0) is 9.59 Å². The standard InChI is InChI=1S/C8H14O4.Ba.2H/c1-2-3-4-5-6(7(9)10)8(11)12;;;/h6H,2-5H2,1H3,(H,9,10)(H,11,12);;;. The van der Waals surface area contributed by atoms with Crippen molar-refractivity contribution >= 4 is 60.8 Å². The van der Waals surface area contributed by atoms with Gasteiger partial charge in [-0.25, -0.2) is 0 Å². The molecule has 0 unspecified atom stereocenters. The quantitative estimate of drug-likeness (QED) is 0.424. The molecule has 0 fully saturated rings. The van der Waals surface area contributed by atoms with Crippen LogP contribution in [-0.4, -0.2) is 71.0 Å². The molecule has 0 heterocycles. The zero-order chi connectivity index (χ0) is 9.56. The molecule has 0 atom stereocenters. The van der Waals surface area contributed by atoms with Crippen molar-refractivity contribution in [1.82, 2.24) is 0 Å². The fraction of sp³-hybridized carbons (Fsp3) is 0.750. The van der Waals surface area contributed by atoms with Crippen molar-refractivity contribution in [1.29, 1.82) is 0 Å². The predicted molar refractivity (Wildman–Crippen MR) is 51.4 cm³/mol. The Bertz CT molecular complexity index is 156. The maximum absolute atomic E-state index is 10.4. The first-order valence-corrected chi connectivity index (χ1v) is 4.05. The third kappa shape index (κ3) is 7.57. The topological polar surface area (TPSA) is 74.6 Å². The Kier molecular flexibility index (Phi) is 11.2. The monoisotopic (exact) mass is 314 g/mol. The maximum atomic E-state index is 10.4. The number of aliphatic carboxylic acids is 2. The average molecular weight is 314 g/mol. The minimum absolute atomic E-state index is 0. The molecule has 0 spiro atoms. The summed E-state index contributed by atoms with van der Waals surface area (Å²) in [6.07, 6.45) is 2.75. The van der Waals surface area contributed by atoms with Gasteiger partial charge in [0.1, 0.15) is 0 Å². The molecule has 13 heavy (non-hydrogen) atoms. The fourth-order valence-corrected chi connectivity index (χ4v) is 0.951. The molecule has 0 aromatic heterocycles. The van der Waals surface area contributed by atoms with Crippen molar-refractivity contribution in [2.45, 2.75) is 32.6 Å². The van der Waals surface area contributed by atoms with E-state index in [1.165, 1.54) is 0 Å². The second-order valence-electron chi connectivity index (χ2n) is 2.72. The summed E-state index contributed by atoms with van der Waals surface area (Å²) < 4.78 is 0. The Hall–Kier alpha value is 0.511. The van der Waals surface area contributed by atoms with E-state index in [1.54, 1.807) is 0 Å². The molecule has 0 bridgehead atoms. The molecule has 0 radical (unpaired) electrons.